The SMILES string of the molecule is CCC(C)CNC(=O)c1cncc(-c2cc(F)cc(F)c2)c1. The second-order valence-electron chi connectivity index (χ2n) is 5.34. The van der Waals surface area contributed by atoms with Gasteiger partial charge in [0.25, 0.3) is 5.91 Å². The molecule has 1 atom stereocenters. The molecule has 0 saturated heterocycles. The zero-order chi connectivity index (χ0) is 16.1. The normalized spacial score (nSPS) is 12.0. The quantitative estimate of drug-likeness (QED) is 0.913. The van der Waals surface area contributed by atoms with Gasteiger partial charge in [0.2, 0.25) is 0 Å². The van der Waals surface area contributed by atoms with Crippen molar-refractivity contribution in [1.29, 1.82) is 0 Å². The van der Waals surface area contributed by atoms with Crippen molar-refractivity contribution in [2.24, 2.45) is 5.92 Å². The second-order valence-corrected chi connectivity index (χ2v) is 5.34. The van der Waals surface area contributed by atoms with Gasteiger partial charge in [-0.1, -0.05) is 20.3 Å². The van der Waals surface area contributed by atoms with Gasteiger partial charge < -0.3 is 5.32 Å². The van der Waals surface area contributed by atoms with Gasteiger partial charge in [-0.15, -0.1) is 0 Å². The topological polar surface area (TPSA) is 42.0 Å². The summed E-state index contributed by atoms with van der Waals surface area (Å²) in [6.07, 6.45) is 3.88. The highest BCUT2D eigenvalue weighted by atomic mass is 19.1. The van der Waals surface area contributed by atoms with E-state index in [4.69, 9.17) is 0 Å². The Morgan fingerprint density at radius 3 is 2.45 bits per heavy atom. The Balaban J connectivity index is 2.21. The van der Waals surface area contributed by atoms with E-state index in [1.807, 2.05) is 6.92 Å². The predicted octanol–water partition coefficient (Wildman–Crippen LogP) is 3.80. The zero-order valence-corrected chi connectivity index (χ0v) is 12.6. The van der Waals surface area contributed by atoms with Crippen molar-refractivity contribution in [2.45, 2.75) is 20.3 Å². The smallest absolute Gasteiger partial charge is 0.252 e. The minimum Gasteiger partial charge on any atom is -0.352 e. The van der Waals surface area contributed by atoms with E-state index in [1.165, 1.54) is 24.5 Å². The third-order valence-corrected chi connectivity index (χ3v) is 3.50. The highest BCUT2D eigenvalue weighted by Gasteiger charge is 2.10. The number of benzene rings is 1. The first kappa shape index (κ1) is 16.1. The molecule has 1 aromatic carbocycles. The first-order valence-corrected chi connectivity index (χ1v) is 7.19. The molecule has 3 nitrogen and oxygen atoms in total. The van der Waals surface area contributed by atoms with Crippen molar-refractivity contribution in [3.05, 3.63) is 53.9 Å². The average Bonchev–Trinajstić information content (AvgIpc) is 2.51. The van der Waals surface area contributed by atoms with Crippen molar-refractivity contribution in [1.82, 2.24) is 10.3 Å². The van der Waals surface area contributed by atoms with Gasteiger partial charge in [0.05, 0.1) is 5.56 Å². The highest BCUT2D eigenvalue weighted by Crippen LogP contribution is 2.21. The van der Waals surface area contributed by atoms with Crippen LogP contribution in [0.5, 0.6) is 0 Å². The van der Waals surface area contributed by atoms with Crippen LogP contribution < -0.4 is 5.32 Å². The third kappa shape index (κ3) is 4.10. The van der Waals surface area contributed by atoms with Gasteiger partial charge in [-0.25, -0.2) is 8.78 Å². The molecule has 1 aromatic heterocycles. The fourth-order valence-electron chi connectivity index (χ4n) is 1.96. The minimum atomic E-state index is -0.665. The van der Waals surface area contributed by atoms with Crippen LogP contribution in [-0.4, -0.2) is 17.4 Å². The van der Waals surface area contributed by atoms with E-state index in [0.29, 0.717) is 29.2 Å². The number of amides is 1. The van der Waals surface area contributed by atoms with Crippen molar-refractivity contribution >= 4 is 5.91 Å². The molecule has 0 fully saturated rings. The van der Waals surface area contributed by atoms with Crippen LogP contribution in [0.25, 0.3) is 11.1 Å². The molecular formula is C17H18F2N2O. The molecule has 0 spiro atoms. The number of halogens is 2. The molecule has 1 heterocycles. The molecular weight excluding hydrogens is 286 g/mol. The fourth-order valence-corrected chi connectivity index (χ4v) is 1.96. The summed E-state index contributed by atoms with van der Waals surface area (Å²) in [7, 11) is 0. The molecule has 0 saturated carbocycles. The van der Waals surface area contributed by atoms with Crippen molar-refractivity contribution in [2.75, 3.05) is 6.54 Å². The number of pyridine rings is 1. The van der Waals surface area contributed by atoms with E-state index in [-0.39, 0.29) is 5.91 Å². The van der Waals surface area contributed by atoms with E-state index >= 15 is 0 Å². The molecule has 5 heteroatoms. The molecule has 0 aliphatic rings. The lowest BCUT2D eigenvalue weighted by molar-refractivity contribution is 0.0947. The molecule has 1 amide bonds. The van der Waals surface area contributed by atoms with E-state index in [2.05, 4.69) is 17.2 Å². The Kier molecular flexibility index (Phi) is 5.20. The standard InChI is InChI=1S/C17H18F2N2O/c1-3-11(2)8-21-17(22)14-4-13(9-20-10-14)12-5-15(18)7-16(19)6-12/h4-7,9-11H,3,8H2,1-2H3,(H,21,22). The maximum Gasteiger partial charge on any atom is 0.252 e. The zero-order valence-electron chi connectivity index (χ0n) is 12.6. The van der Waals surface area contributed by atoms with Crippen LogP contribution in [0.15, 0.2) is 36.7 Å². The first-order chi connectivity index (χ1) is 10.5. The summed E-state index contributed by atoms with van der Waals surface area (Å²) >= 11 is 0. The van der Waals surface area contributed by atoms with Crippen molar-refractivity contribution in [3.63, 3.8) is 0 Å². The molecule has 1 unspecified atom stereocenters. The number of aromatic nitrogens is 1. The molecule has 0 aliphatic heterocycles. The summed E-state index contributed by atoms with van der Waals surface area (Å²) in [5, 5.41) is 2.82. The highest BCUT2D eigenvalue weighted by molar-refractivity contribution is 5.95. The lowest BCUT2D eigenvalue weighted by Gasteiger charge is -2.10. The maximum atomic E-state index is 13.3. The molecule has 1 N–H and O–H groups in total. The largest absolute Gasteiger partial charge is 0.352 e. The Morgan fingerprint density at radius 2 is 1.82 bits per heavy atom. The van der Waals surface area contributed by atoms with Crippen LogP contribution in [0.3, 0.4) is 0 Å². The summed E-state index contributed by atoms with van der Waals surface area (Å²) < 4.78 is 26.6. The Bertz CT molecular complexity index is 653. The van der Waals surface area contributed by atoms with Gasteiger partial charge in [-0.2, -0.15) is 0 Å². The number of carbonyl (C=O) groups excluding carboxylic acids is 1. The molecule has 0 bridgehead atoms. The second kappa shape index (κ2) is 7.11. The monoisotopic (exact) mass is 304 g/mol. The number of carbonyl (C=O) groups is 1. The van der Waals surface area contributed by atoms with Crippen LogP contribution in [0, 0.1) is 17.6 Å². The lowest BCUT2D eigenvalue weighted by atomic mass is 10.1. The van der Waals surface area contributed by atoms with Crippen LogP contribution in [0.4, 0.5) is 8.78 Å². The lowest BCUT2D eigenvalue weighted by Crippen LogP contribution is -2.28. The fraction of sp³-hybridized carbons (Fsp3) is 0.294. The number of hydrogen-bond donors (Lipinski definition) is 1. The number of hydrogen-bond acceptors (Lipinski definition) is 2. The first-order valence-electron chi connectivity index (χ1n) is 7.19. The summed E-state index contributed by atoms with van der Waals surface area (Å²) in [4.78, 5) is 16.1. The predicted molar refractivity (Wildman–Crippen MR) is 81.4 cm³/mol. The Morgan fingerprint density at radius 1 is 1.14 bits per heavy atom. The Hall–Kier alpha value is -2.30. The number of nitrogens with one attached hydrogen (secondary N) is 1. The Labute approximate surface area is 128 Å². The minimum absolute atomic E-state index is 0.244. The summed E-state index contributed by atoms with van der Waals surface area (Å²) in [5.74, 6) is -1.19. The van der Waals surface area contributed by atoms with E-state index in [0.717, 1.165) is 12.5 Å². The van der Waals surface area contributed by atoms with E-state index < -0.39 is 11.6 Å². The molecule has 0 aliphatic carbocycles. The average molecular weight is 304 g/mol. The van der Waals surface area contributed by atoms with Gasteiger partial charge in [0.1, 0.15) is 11.6 Å². The number of rotatable bonds is 5. The summed E-state index contributed by atoms with van der Waals surface area (Å²) in [6.45, 7) is 4.68. The van der Waals surface area contributed by atoms with Gasteiger partial charge in [-0.05, 0) is 29.7 Å². The molecule has 2 aromatic rings. The third-order valence-electron chi connectivity index (χ3n) is 3.50. The van der Waals surface area contributed by atoms with Crippen LogP contribution >= 0.6 is 0 Å². The maximum absolute atomic E-state index is 13.3. The van der Waals surface area contributed by atoms with Crippen LogP contribution in [-0.2, 0) is 0 Å². The number of nitrogens with zero attached hydrogens (tertiary/aromatic N) is 1. The van der Waals surface area contributed by atoms with Crippen molar-refractivity contribution < 1.29 is 13.6 Å². The van der Waals surface area contributed by atoms with Gasteiger partial charge in [-0.3, -0.25) is 9.78 Å². The van der Waals surface area contributed by atoms with Crippen LogP contribution in [0.2, 0.25) is 0 Å². The molecule has 22 heavy (non-hydrogen) atoms. The van der Waals surface area contributed by atoms with E-state index in [1.54, 1.807) is 6.07 Å². The molecule has 116 valence electrons. The van der Waals surface area contributed by atoms with Gasteiger partial charge in [0, 0.05) is 30.6 Å². The van der Waals surface area contributed by atoms with Crippen LogP contribution in [0.1, 0.15) is 30.6 Å². The van der Waals surface area contributed by atoms with Crippen molar-refractivity contribution in [3.8, 4) is 11.1 Å². The summed E-state index contributed by atoms with van der Waals surface area (Å²) in [6, 6.07) is 4.80. The van der Waals surface area contributed by atoms with E-state index in [9.17, 15) is 13.6 Å². The molecule has 0 radical (unpaired) electrons. The van der Waals surface area contributed by atoms with Gasteiger partial charge in [0.15, 0.2) is 0 Å². The van der Waals surface area contributed by atoms with Gasteiger partial charge >= 0.3 is 0 Å². The molecule has 2 rings (SSSR count). The summed E-state index contributed by atoms with van der Waals surface area (Å²) in [5.41, 5.74) is 1.21.